The van der Waals surface area contributed by atoms with E-state index in [0.29, 0.717) is 22.5 Å². The largest absolute Gasteiger partial charge is 0.524 e. The van der Waals surface area contributed by atoms with Crippen LogP contribution in [0.5, 0.6) is 5.75 Å². The van der Waals surface area contributed by atoms with Gasteiger partial charge in [-0.2, -0.15) is 0 Å². The molecule has 3 aliphatic carbocycles. The van der Waals surface area contributed by atoms with Gasteiger partial charge in [0, 0.05) is 0 Å². The lowest BCUT2D eigenvalue weighted by Gasteiger charge is -2.61. The molecule has 158 valence electrons. The second-order valence-electron chi connectivity index (χ2n) is 10.5. The molecule has 2 saturated carbocycles. The minimum absolute atomic E-state index is 0. The van der Waals surface area contributed by atoms with Crippen molar-refractivity contribution in [1.82, 2.24) is 0 Å². The zero-order valence-electron chi connectivity index (χ0n) is 17.2. The van der Waals surface area contributed by atoms with E-state index in [0.717, 1.165) is 17.9 Å². The van der Waals surface area contributed by atoms with E-state index in [1.54, 1.807) is 0 Å². The molecule has 1 aromatic carbocycles. The van der Waals surface area contributed by atoms with E-state index in [4.69, 9.17) is 4.52 Å². The number of phosphoric acid groups is 1. The van der Waals surface area contributed by atoms with Crippen LogP contribution in [0.2, 0.25) is 0 Å². The number of rotatable bonds is 2. The first kappa shape index (κ1) is 21.9. The van der Waals surface area contributed by atoms with Crippen LogP contribution in [0, 0.1) is 29.6 Å². The molecule has 0 aliphatic heterocycles. The summed E-state index contributed by atoms with van der Waals surface area (Å²) in [6, 6.07) is 3.70. The summed E-state index contributed by atoms with van der Waals surface area (Å²) in [4.78, 5) is 18.4. The van der Waals surface area contributed by atoms with Crippen LogP contribution in [0.3, 0.4) is 0 Å². The van der Waals surface area contributed by atoms with E-state index in [9.17, 15) is 14.4 Å². The Bertz CT molecular complexity index is 826. The Morgan fingerprint density at radius 1 is 1.07 bits per heavy atom. The fraction of sp³-hybridized carbons (Fsp3) is 0.739. The number of benzene rings is 1. The van der Waals surface area contributed by atoms with Gasteiger partial charge in [-0.1, -0.05) is 41.5 Å². The maximum atomic E-state index is 11.3. The van der Waals surface area contributed by atoms with Crippen LogP contribution >= 0.6 is 7.82 Å². The van der Waals surface area contributed by atoms with Crippen LogP contribution in [0.4, 0.5) is 0 Å². The van der Waals surface area contributed by atoms with Crippen molar-refractivity contribution in [1.29, 1.82) is 0 Å². The minimum atomic E-state index is -4.54. The van der Waals surface area contributed by atoms with Crippen LogP contribution in [0.1, 0.15) is 83.9 Å². The Labute approximate surface area is 170 Å². The Kier molecular flexibility index (Phi) is 5.14. The van der Waals surface area contributed by atoms with Crippen LogP contribution < -0.4 is 4.52 Å². The maximum absolute atomic E-state index is 11.3. The molecule has 0 spiro atoms. The van der Waals surface area contributed by atoms with Gasteiger partial charge in [0.25, 0.3) is 0 Å². The Morgan fingerprint density at radius 2 is 1.75 bits per heavy atom. The van der Waals surface area contributed by atoms with Crippen LogP contribution in [-0.2, 0) is 16.4 Å². The summed E-state index contributed by atoms with van der Waals surface area (Å²) in [5.41, 5.74) is 4.62. The average molecular weight is 409 g/mol. The van der Waals surface area contributed by atoms with E-state index in [2.05, 4.69) is 34.6 Å². The zero-order valence-corrected chi connectivity index (χ0v) is 18.1. The zero-order chi connectivity index (χ0) is 19.8. The highest BCUT2D eigenvalue weighted by molar-refractivity contribution is 7.46. The van der Waals surface area contributed by atoms with Crippen molar-refractivity contribution >= 4 is 7.82 Å². The van der Waals surface area contributed by atoms with Gasteiger partial charge in [-0.15, -0.1) is 0 Å². The minimum Gasteiger partial charge on any atom is -0.404 e. The fourth-order valence-corrected chi connectivity index (χ4v) is 8.00. The molecule has 0 aromatic heterocycles. The van der Waals surface area contributed by atoms with Gasteiger partial charge < -0.3 is 4.52 Å². The standard InChI is InChI=1S/C22H33O4P.CH4/c1-14-11-16(26-27(23,24)25)12-15-13-18-21(4)9-6-8-20(2,3)17(21)7-10-22(18,5)19(14)15;/h11-12,17-18H,6-10,13H2,1-5H3,(H2,23,24,25);1H4/t17?,18-,21?,22?;/m0./s1. The molecule has 4 atom stereocenters. The normalized spacial score (nSPS) is 36.0. The van der Waals surface area contributed by atoms with E-state index < -0.39 is 7.82 Å². The van der Waals surface area contributed by atoms with Gasteiger partial charge in [0.05, 0.1) is 0 Å². The summed E-state index contributed by atoms with van der Waals surface area (Å²) in [5, 5.41) is 0. The average Bonchev–Trinajstić information content (AvgIpc) is 2.79. The summed E-state index contributed by atoms with van der Waals surface area (Å²) in [6.07, 6.45) is 7.38. The highest BCUT2D eigenvalue weighted by Crippen LogP contribution is 2.68. The number of aryl methyl sites for hydroxylation is 1. The second kappa shape index (κ2) is 6.59. The van der Waals surface area contributed by atoms with E-state index in [1.165, 1.54) is 43.2 Å². The molecule has 0 bridgehead atoms. The molecule has 3 aliphatic rings. The molecule has 0 heterocycles. The summed E-state index contributed by atoms with van der Waals surface area (Å²) < 4.78 is 16.2. The van der Waals surface area contributed by atoms with Crippen molar-refractivity contribution in [2.24, 2.45) is 22.7 Å². The van der Waals surface area contributed by atoms with Crippen molar-refractivity contribution in [2.75, 3.05) is 0 Å². The number of hydrogen-bond donors (Lipinski definition) is 2. The van der Waals surface area contributed by atoms with Gasteiger partial charge in [-0.3, -0.25) is 9.79 Å². The molecule has 1 aromatic rings. The van der Waals surface area contributed by atoms with Crippen LogP contribution in [0.15, 0.2) is 12.1 Å². The van der Waals surface area contributed by atoms with Crippen molar-refractivity contribution in [3.63, 3.8) is 0 Å². The second-order valence-corrected chi connectivity index (χ2v) is 11.6. The van der Waals surface area contributed by atoms with Crippen molar-refractivity contribution < 1.29 is 18.9 Å². The number of fused-ring (bicyclic) bond motifs is 5. The number of hydrogen-bond acceptors (Lipinski definition) is 2. The summed E-state index contributed by atoms with van der Waals surface area (Å²) in [7, 11) is -4.54. The van der Waals surface area contributed by atoms with Gasteiger partial charge in [0.1, 0.15) is 5.75 Å². The summed E-state index contributed by atoms with van der Waals surface area (Å²) in [6.45, 7) is 11.9. The third kappa shape index (κ3) is 3.16. The molecule has 4 rings (SSSR count). The molecule has 0 saturated heterocycles. The molecule has 0 amide bonds. The Morgan fingerprint density at radius 3 is 2.39 bits per heavy atom. The molecule has 2 N–H and O–H groups in total. The lowest BCUT2D eigenvalue weighted by molar-refractivity contribution is -0.0983. The van der Waals surface area contributed by atoms with Gasteiger partial charge in [-0.25, -0.2) is 4.57 Å². The van der Waals surface area contributed by atoms with Gasteiger partial charge in [-0.05, 0) is 95.9 Å². The van der Waals surface area contributed by atoms with Crippen molar-refractivity contribution in [2.45, 2.75) is 86.0 Å². The van der Waals surface area contributed by atoms with E-state index in [-0.39, 0.29) is 12.8 Å². The van der Waals surface area contributed by atoms with Gasteiger partial charge in [0.15, 0.2) is 0 Å². The molecular formula is C23H37O4P. The highest BCUT2D eigenvalue weighted by Gasteiger charge is 2.61. The molecule has 0 radical (unpaired) electrons. The van der Waals surface area contributed by atoms with Crippen molar-refractivity contribution in [3.05, 3.63) is 28.8 Å². The molecule has 5 heteroatoms. The van der Waals surface area contributed by atoms with Gasteiger partial charge in [0.2, 0.25) is 0 Å². The predicted molar refractivity (Wildman–Crippen MR) is 114 cm³/mol. The SMILES string of the molecule is C.Cc1cc(OP(=O)(O)O)cc2c1C1(C)CCC3C(C)(C)CCCC3(C)[C@@H]1C2. The quantitative estimate of drug-likeness (QED) is 0.575. The summed E-state index contributed by atoms with van der Waals surface area (Å²) >= 11 is 0. The smallest absolute Gasteiger partial charge is 0.404 e. The van der Waals surface area contributed by atoms with Gasteiger partial charge >= 0.3 is 7.82 Å². The van der Waals surface area contributed by atoms with Crippen molar-refractivity contribution in [3.8, 4) is 5.75 Å². The third-order valence-corrected chi connectivity index (χ3v) is 8.85. The molecular weight excluding hydrogens is 371 g/mol. The Hall–Kier alpha value is -0.830. The first-order valence-corrected chi connectivity index (χ1v) is 11.8. The Balaban J connectivity index is 0.00000225. The lowest BCUT2D eigenvalue weighted by atomic mass is 9.43. The summed E-state index contributed by atoms with van der Waals surface area (Å²) in [5.74, 6) is 1.63. The first-order valence-electron chi connectivity index (χ1n) is 10.3. The maximum Gasteiger partial charge on any atom is 0.524 e. The van der Waals surface area contributed by atoms with E-state index in [1.807, 2.05) is 12.1 Å². The highest BCUT2D eigenvalue weighted by atomic mass is 31.2. The third-order valence-electron chi connectivity index (χ3n) is 8.40. The van der Waals surface area contributed by atoms with E-state index >= 15 is 0 Å². The molecule has 3 unspecified atom stereocenters. The van der Waals surface area contributed by atoms with Crippen LogP contribution in [0.25, 0.3) is 0 Å². The molecule has 4 nitrogen and oxygen atoms in total. The monoisotopic (exact) mass is 408 g/mol. The fourth-order valence-electron chi connectivity index (χ4n) is 7.62. The molecule has 28 heavy (non-hydrogen) atoms. The topological polar surface area (TPSA) is 66.8 Å². The first-order chi connectivity index (χ1) is 12.4. The number of phosphoric ester groups is 1. The predicted octanol–water partition coefficient (Wildman–Crippen LogP) is 6.16. The van der Waals surface area contributed by atoms with Crippen LogP contribution in [-0.4, -0.2) is 9.79 Å². The lowest BCUT2D eigenvalue weighted by Crippen LogP contribution is -2.55. The molecule has 2 fully saturated rings.